The van der Waals surface area contributed by atoms with Gasteiger partial charge < -0.3 is 0 Å². The molecule has 0 amide bonds. The van der Waals surface area contributed by atoms with E-state index in [1.807, 2.05) is 6.07 Å². The molecule has 0 N–H and O–H groups in total. The molecule has 0 radical (unpaired) electrons. The summed E-state index contributed by atoms with van der Waals surface area (Å²) in [5, 5.41) is 2.63. The van der Waals surface area contributed by atoms with Gasteiger partial charge in [-0.05, 0) is 65.1 Å². The van der Waals surface area contributed by atoms with Crippen molar-refractivity contribution in [2.24, 2.45) is 5.41 Å². The Labute approximate surface area is 125 Å². The fourth-order valence-electron chi connectivity index (χ4n) is 3.52. The van der Waals surface area contributed by atoms with Crippen LogP contribution in [-0.4, -0.2) is 0 Å². The maximum Gasteiger partial charge on any atom is 0.123 e. The van der Waals surface area contributed by atoms with Gasteiger partial charge in [0.2, 0.25) is 0 Å². The number of aryl methyl sites for hydroxylation is 1. The summed E-state index contributed by atoms with van der Waals surface area (Å²) in [4.78, 5) is 0. The van der Waals surface area contributed by atoms with Crippen molar-refractivity contribution in [3.8, 4) is 0 Å². The third kappa shape index (κ3) is 1.94. The first kappa shape index (κ1) is 12.3. The normalized spacial score (nSPS) is 22.9. The summed E-state index contributed by atoms with van der Waals surface area (Å²) in [7, 11) is 0. The quantitative estimate of drug-likeness (QED) is 0.695. The second-order valence-electron chi connectivity index (χ2n) is 5.88. The summed E-state index contributed by atoms with van der Waals surface area (Å²) in [6.07, 6.45) is 7.78. The number of hydrogen-bond acceptors (Lipinski definition) is 0. The molecular weight excluding hydrogens is 315 g/mol. The van der Waals surface area contributed by atoms with E-state index in [1.165, 1.54) is 21.6 Å². The van der Waals surface area contributed by atoms with Gasteiger partial charge in [0.1, 0.15) is 5.82 Å². The maximum absolute atomic E-state index is 13.3. The van der Waals surface area contributed by atoms with Crippen LogP contribution in [0, 0.1) is 11.2 Å². The molecule has 4 rings (SSSR count). The predicted molar refractivity (Wildman–Crippen MR) is 83.2 cm³/mol. The second-order valence-corrected chi connectivity index (χ2v) is 6.80. The van der Waals surface area contributed by atoms with Crippen LogP contribution in [0.2, 0.25) is 0 Å². The Morgan fingerprint density at radius 2 is 1.80 bits per heavy atom. The third-order valence-corrected chi connectivity index (χ3v) is 4.98. The number of halogens is 2. The highest BCUT2D eigenvalue weighted by Crippen LogP contribution is 2.39. The molecule has 0 aliphatic heterocycles. The van der Waals surface area contributed by atoms with E-state index in [2.05, 4.69) is 46.3 Å². The van der Waals surface area contributed by atoms with Crippen molar-refractivity contribution in [2.45, 2.75) is 19.3 Å². The van der Waals surface area contributed by atoms with Gasteiger partial charge in [-0.1, -0.05) is 40.2 Å². The number of hydrogen-bond donors (Lipinski definition) is 0. The first-order valence-corrected chi connectivity index (χ1v) is 7.72. The van der Waals surface area contributed by atoms with Crippen molar-refractivity contribution in [1.82, 2.24) is 0 Å². The van der Waals surface area contributed by atoms with Crippen molar-refractivity contribution in [2.75, 3.05) is 0 Å². The minimum absolute atomic E-state index is 0.119. The molecule has 0 aromatic heterocycles. The van der Waals surface area contributed by atoms with Gasteiger partial charge in [-0.3, -0.25) is 0 Å². The molecule has 0 saturated heterocycles. The molecule has 2 aromatic carbocycles. The van der Waals surface area contributed by atoms with E-state index in [-0.39, 0.29) is 11.2 Å². The summed E-state index contributed by atoms with van der Waals surface area (Å²) in [6.45, 7) is 0. The zero-order valence-corrected chi connectivity index (χ0v) is 12.6. The molecule has 1 atom stereocenters. The monoisotopic (exact) mass is 328 g/mol. The summed E-state index contributed by atoms with van der Waals surface area (Å²) < 4.78 is 14.4. The summed E-state index contributed by atoms with van der Waals surface area (Å²) >= 11 is 3.54. The molecule has 20 heavy (non-hydrogen) atoms. The highest BCUT2D eigenvalue weighted by Gasteiger charge is 2.32. The van der Waals surface area contributed by atoms with E-state index in [9.17, 15) is 4.39 Å². The standard InChI is InChI=1S/C18H14BrF/c19-16-3-1-14-10-18(11-15(14)7-16)6-5-12-8-17(20)4-2-13(12)9-18/h1-4,7-8,10-11H,5-6,9H2. The van der Waals surface area contributed by atoms with E-state index in [4.69, 9.17) is 0 Å². The average Bonchev–Trinajstić information content (AvgIpc) is 2.76. The van der Waals surface area contributed by atoms with Crippen LogP contribution in [0.25, 0.3) is 12.2 Å². The fraction of sp³-hybridized carbons (Fsp3) is 0.222. The second kappa shape index (κ2) is 4.29. The molecule has 1 spiro atoms. The zero-order chi connectivity index (χ0) is 13.7. The molecule has 100 valence electrons. The van der Waals surface area contributed by atoms with Crippen LogP contribution in [0.15, 0.2) is 40.9 Å². The molecule has 0 saturated carbocycles. The van der Waals surface area contributed by atoms with Gasteiger partial charge in [0.25, 0.3) is 0 Å². The highest BCUT2D eigenvalue weighted by molar-refractivity contribution is 9.10. The van der Waals surface area contributed by atoms with Crippen molar-refractivity contribution in [1.29, 1.82) is 0 Å². The Hall–Kier alpha value is -1.41. The molecule has 2 aliphatic rings. The average molecular weight is 329 g/mol. The van der Waals surface area contributed by atoms with Crippen molar-refractivity contribution in [3.63, 3.8) is 0 Å². The number of fused-ring (bicyclic) bond motifs is 2. The summed E-state index contributed by atoms with van der Waals surface area (Å²) in [5.41, 5.74) is 2.58. The Morgan fingerprint density at radius 3 is 2.70 bits per heavy atom. The SMILES string of the molecule is Fc1ccc2c(c1)CCC1(C=c3ccc(Br)cc3=C1)C2. The van der Waals surface area contributed by atoms with Crippen LogP contribution in [0.3, 0.4) is 0 Å². The molecule has 0 fully saturated rings. The maximum atomic E-state index is 13.3. The van der Waals surface area contributed by atoms with Gasteiger partial charge in [-0.2, -0.15) is 0 Å². The minimum Gasteiger partial charge on any atom is -0.207 e. The molecule has 0 nitrogen and oxygen atoms in total. The van der Waals surface area contributed by atoms with E-state index in [0.29, 0.717) is 0 Å². The minimum atomic E-state index is -0.119. The van der Waals surface area contributed by atoms with E-state index < -0.39 is 0 Å². The first-order chi connectivity index (χ1) is 9.63. The Morgan fingerprint density at radius 1 is 0.950 bits per heavy atom. The van der Waals surface area contributed by atoms with E-state index >= 15 is 0 Å². The van der Waals surface area contributed by atoms with Crippen LogP contribution >= 0.6 is 15.9 Å². The fourth-order valence-corrected chi connectivity index (χ4v) is 3.90. The van der Waals surface area contributed by atoms with Gasteiger partial charge in [0, 0.05) is 9.89 Å². The molecule has 2 aliphatic carbocycles. The highest BCUT2D eigenvalue weighted by atomic mass is 79.9. The van der Waals surface area contributed by atoms with Crippen molar-refractivity contribution >= 4 is 28.1 Å². The van der Waals surface area contributed by atoms with Crippen molar-refractivity contribution in [3.05, 3.63) is 68.3 Å². The summed E-state index contributed by atoms with van der Waals surface area (Å²) in [5.74, 6) is -0.119. The topological polar surface area (TPSA) is 0 Å². The smallest absolute Gasteiger partial charge is 0.123 e. The molecule has 0 bridgehead atoms. The largest absolute Gasteiger partial charge is 0.207 e. The first-order valence-electron chi connectivity index (χ1n) is 6.92. The molecule has 0 heterocycles. The Balaban J connectivity index is 1.81. The number of benzene rings is 2. The van der Waals surface area contributed by atoms with Crippen LogP contribution in [0.5, 0.6) is 0 Å². The van der Waals surface area contributed by atoms with Gasteiger partial charge >= 0.3 is 0 Å². The van der Waals surface area contributed by atoms with Crippen LogP contribution in [-0.2, 0) is 12.8 Å². The lowest BCUT2D eigenvalue weighted by molar-refractivity contribution is 0.480. The lowest BCUT2D eigenvalue weighted by Crippen LogP contribution is -2.23. The van der Waals surface area contributed by atoms with Crippen LogP contribution in [0.1, 0.15) is 17.5 Å². The summed E-state index contributed by atoms with van der Waals surface area (Å²) in [6, 6.07) is 11.7. The zero-order valence-electron chi connectivity index (χ0n) is 11.0. The number of rotatable bonds is 0. The molecule has 2 heteroatoms. The lowest BCUT2D eigenvalue weighted by Gasteiger charge is -2.31. The Bertz CT molecular complexity index is 822. The van der Waals surface area contributed by atoms with Gasteiger partial charge in [-0.25, -0.2) is 4.39 Å². The molecule has 1 unspecified atom stereocenters. The van der Waals surface area contributed by atoms with Crippen LogP contribution in [0.4, 0.5) is 4.39 Å². The molecule has 2 aromatic rings. The third-order valence-electron chi connectivity index (χ3n) is 4.48. The predicted octanol–water partition coefficient (Wildman–Crippen LogP) is 3.34. The lowest BCUT2D eigenvalue weighted by atomic mass is 9.72. The molecular formula is C18H14BrF. The Kier molecular flexibility index (Phi) is 2.65. The van der Waals surface area contributed by atoms with Gasteiger partial charge in [0.15, 0.2) is 0 Å². The van der Waals surface area contributed by atoms with E-state index in [1.54, 1.807) is 12.1 Å². The van der Waals surface area contributed by atoms with Gasteiger partial charge in [0.05, 0.1) is 0 Å². The van der Waals surface area contributed by atoms with Crippen LogP contribution < -0.4 is 10.4 Å². The van der Waals surface area contributed by atoms with Gasteiger partial charge in [-0.15, -0.1) is 0 Å². The van der Waals surface area contributed by atoms with E-state index in [0.717, 1.165) is 23.7 Å². The van der Waals surface area contributed by atoms with Crippen molar-refractivity contribution < 1.29 is 4.39 Å².